The molecule has 184 valence electrons. The van der Waals surface area contributed by atoms with E-state index in [1.165, 1.54) is 0 Å². The van der Waals surface area contributed by atoms with Gasteiger partial charge in [-0.05, 0) is 30.5 Å². The minimum absolute atomic E-state index is 0.00943. The van der Waals surface area contributed by atoms with E-state index in [1.807, 2.05) is 24.3 Å². The molecule has 0 saturated carbocycles. The second-order valence-corrected chi connectivity index (χ2v) is 8.57. The number of nitrogens with zero attached hydrogens (tertiary/aromatic N) is 3. The van der Waals surface area contributed by atoms with Crippen LogP contribution in [0.25, 0.3) is 0 Å². The van der Waals surface area contributed by atoms with Crippen LogP contribution in [0.15, 0.2) is 54.7 Å². The lowest BCUT2D eigenvalue weighted by Gasteiger charge is -2.19. The number of hydrogen-bond acceptors (Lipinski definition) is 10. The zero-order chi connectivity index (χ0) is 25.0. The molecule has 2 aromatic heterocycles. The fraction of sp³-hybridized carbons (Fsp3) is 0.304. The summed E-state index contributed by atoms with van der Waals surface area (Å²) in [7, 11) is 0. The van der Waals surface area contributed by atoms with Crippen molar-refractivity contribution in [3.8, 4) is 0 Å². The second kappa shape index (κ2) is 13.1. The first-order chi connectivity index (χ1) is 16.9. The monoisotopic (exact) mass is 498 g/mol. The summed E-state index contributed by atoms with van der Waals surface area (Å²) < 4.78 is 5.03. The first kappa shape index (κ1) is 25.7. The molecule has 35 heavy (non-hydrogen) atoms. The molecule has 0 radical (unpaired) electrons. The predicted molar refractivity (Wildman–Crippen MR) is 129 cm³/mol. The number of aromatic nitrogens is 3. The van der Waals surface area contributed by atoms with Gasteiger partial charge >= 0.3 is 12.1 Å². The number of carbonyl (C=O) groups excluding carboxylic acids is 2. The molecule has 1 unspecified atom stereocenters. The molecule has 2 heterocycles. The maximum absolute atomic E-state index is 12.7. The average Bonchev–Trinajstić information content (AvgIpc) is 3.35. The molecule has 0 bridgehead atoms. The second-order valence-electron chi connectivity index (χ2n) is 7.51. The van der Waals surface area contributed by atoms with Crippen LogP contribution in [0, 0.1) is 0 Å². The number of benzene rings is 1. The van der Waals surface area contributed by atoms with Crippen LogP contribution in [0.3, 0.4) is 0 Å². The van der Waals surface area contributed by atoms with Crippen molar-refractivity contribution in [3.05, 3.63) is 70.3 Å². The molecule has 0 fully saturated rings. The predicted octanol–water partition coefficient (Wildman–Crippen LogP) is 2.26. The van der Waals surface area contributed by atoms with E-state index >= 15 is 0 Å². The summed E-state index contributed by atoms with van der Waals surface area (Å²) in [6.45, 7) is 0.679. The Kier molecular flexibility index (Phi) is 9.63. The quantitative estimate of drug-likeness (QED) is 0.202. The number of Topliss-reactive ketones (excluding diaryl/α,β-unsaturated/α-hetero) is 1. The number of carbonyl (C=O) groups is 3. The number of rotatable bonds is 13. The third kappa shape index (κ3) is 8.12. The fourth-order valence-corrected chi connectivity index (χ4v) is 3.90. The lowest BCUT2D eigenvalue weighted by molar-refractivity contribution is -0.139. The van der Waals surface area contributed by atoms with Crippen molar-refractivity contribution < 1.29 is 24.2 Å². The highest BCUT2D eigenvalue weighted by molar-refractivity contribution is 7.13. The van der Waals surface area contributed by atoms with Crippen molar-refractivity contribution >= 4 is 35.0 Å². The highest BCUT2D eigenvalue weighted by Gasteiger charge is 2.34. The molecule has 3 rings (SSSR count). The molecule has 1 amide bonds. The first-order valence-corrected chi connectivity index (χ1v) is 11.7. The van der Waals surface area contributed by atoms with E-state index in [0.717, 1.165) is 42.1 Å². The molecule has 0 saturated heterocycles. The van der Waals surface area contributed by atoms with Gasteiger partial charge in [0.15, 0.2) is 11.0 Å². The van der Waals surface area contributed by atoms with E-state index in [9.17, 15) is 19.5 Å². The van der Waals surface area contributed by atoms with E-state index < -0.39 is 29.9 Å². The van der Waals surface area contributed by atoms with Crippen molar-refractivity contribution in [2.24, 2.45) is 5.73 Å². The van der Waals surface area contributed by atoms with Crippen LogP contribution >= 0.6 is 11.3 Å². The number of unbranched alkanes of at least 4 members (excludes halogenated alkanes) is 1. The van der Waals surface area contributed by atoms with Gasteiger partial charge in [0.1, 0.15) is 23.5 Å². The number of pyridine rings is 1. The Labute approximate surface area is 205 Å². The molecule has 5 N–H and O–H groups in total. The SMILES string of the molecule is NC(C(=O)c1nnc(CCCCNc2ccccn2)s1)[C@H](NC(=O)OCc1ccccc1)C(=O)O. The van der Waals surface area contributed by atoms with Crippen molar-refractivity contribution in [2.75, 3.05) is 11.9 Å². The van der Waals surface area contributed by atoms with Gasteiger partial charge in [-0.3, -0.25) is 4.79 Å². The van der Waals surface area contributed by atoms with Crippen LogP contribution in [0.4, 0.5) is 10.6 Å². The van der Waals surface area contributed by atoms with Crippen molar-refractivity contribution in [1.82, 2.24) is 20.5 Å². The highest BCUT2D eigenvalue weighted by Crippen LogP contribution is 2.15. The molecule has 12 heteroatoms. The minimum atomic E-state index is -1.68. The molecule has 3 aromatic rings. The molecular weight excluding hydrogens is 472 g/mol. The third-order valence-corrected chi connectivity index (χ3v) is 5.88. The Hall–Kier alpha value is -3.90. The summed E-state index contributed by atoms with van der Waals surface area (Å²) in [4.78, 5) is 40.6. The first-order valence-electron chi connectivity index (χ1n) is 10.9. The Morgan fingerprint density at radius 1 is 1.06 bits per heavy atom. The van der Waals surface area contributed by atoms with Crippen LogP contribution in [-0.4, -0.2) is 56.8 Å². The summed E-state index contributed by atoms with van der Waals surface area (Å²) in [6.07, 6.45) is 2.99. The Bertz CT molecular complexity index is 1110. The number of ether oxygens (including phenoxy) is 1. The third-order valence-electron chi connectivity index (χ3n) is 4.88. The zero-order valence-corrected chi connectivity index (χ0v) is 19.6. The fourth-order valence-electron chi connectivity index (χ4n) is 3.03. The number of hydrogen-bond donors (Lipinski definition) is 4. The lowest BCUT2D eigenvalue weighted by atomic mass is 10.1. The number of ketones is 1. The Morgan fingerprint density at radius 3 is 2.54 bits per heavy atom. The molecule has 0 aliphatic heterocycles. The van der Waals surface area contributed by atoms with Crippen LogP contribution in [0.1, 0.15) is 33.2 Å². The largest absolute Gasteiger partial charge is 0.480 e. The highest BCUT2D eigenvalue weighted by atomic mass is 32.1. The maximum Gasteiger partial charge on any atom is 0.408 e. The molecule has 0 aliphatic carbocycles. The van der Waals surface area contributed by atoms with Gasteiger partial charge in [0.2, 0.25) is 5.78 Å². The molecule has 11 nitrogen and oxygen atoms in total. The number of nitrogens with two attached hydrogens (primary N) is 1. The Morgan fingerprint density at radius 2 is 1.83 bits per heavy atom. The topological polar surface area (TPSA) is 169 Å². The minimum Gasteiger partial charge on any atom is -0.480 e. The van der Waals surface area contributed by atoms with Crippen LogP contribution in [0.2, 0.25) is 0 Å². The number of carboxylic acids is 1. The summed E-state index contributed by atoms with van der Waals surface area (Å²) in [5.41, 5.74) is 6.60. The van der Waals surface area contributed by atoms with E-state index in [-0.39, 0.29) is 11.6 Å². The molecule has 2 atom stereocenters. The summed E-state index contributed by atoms with van der Waals surface area (Å²) in [6, 6.07) is 11.3. The number of anilines is 1. The number of aryl methyl sites for hydroxylation is 1. The summed E-state index contributed by atoms with van der Waals surface area (Å²) >= 11 is 1.06. The van der Waals surface area contributed by atoms with Gasteiger partial charge in [-0.2, -0.15) is 0 Å². The van der Waals surface area contributed by atoms with Crippen molar-refractivity contribution in [1.29, 1.82) is 0 Å². The summed E-state index contributed by atoms with van der Waals surface area (Å²) in [5.74, 6) is -1.38. The van der Waals surface area contributed by atoms with Gasteiger partial charge < -0.3 is 26.2 Å². The van der Waals surface area contributed by atoms with Gasteiger partial charge in [-0.1, -0.05) is 47.7 Å². The normalized spacial score (nSPS) is 12.4. The van der Waals surface area contributed by atoms with Gasteiger partial charge in [-0.25, -0.2) is 14.6 Å². The van der Waals surface area contributed by atoms with E-state index in [2.05, 4.69) is 25.8 Å². The van der Waals surface area contributed by atoms with E-state index in [1.54, 1.807) is 30.5 Å². The molecular formula is C23H26N6O5S. The lowest BCUT2D eigenvalue weighted by Crippen LogP contribution is -2.56. The standard InChI is InChI=1S/C23H26N6O5S/c24-18(19(22(31)32)27-23(33)34-14-15-8-2-1-3-9-15)20(30)21-29-28-17(35-21)11-5-7-13-26-16-10-4-6-12-25-16/h1-4,6,8-10,12,18-19H,5,7,11,13-14,24H2,(H,25,26)(H,27,33)(H,31,32)/t18?,19-/m0/s1. The molecule has 1 aromatic carbocycles. The van der Waals surface area contributed by atoms with Crippen LogP contribution in [0.5, 0.6) is 0 Å². The smallest absolute Gasteiger partial charge is 0.408 e. The zero-order valence-electron chi connectivity index (χ0n) is 18.8. The van der Waals surface area contributed by atoms with Gasteiger partial charge in [-0.15, -0.1) is 10.2 Å². The molecule has 0 aliphatic rings. The number of alkyl carbamates (subject to hydrolysis) is 1. The maximum atomic E-state index is 12.7. The van der Waals surface area contributed by atoms with Crippen molar-refractivity contribution in [2.45, 2.75) is 38.0 Å². The average molecular weight is 499 g/mol. The van der Waals surface area contributed by atoms with E-state index in [4.69, 9.17) is 10.5 Å². The number of aliphatic carboxylic acids is 1. The van der Waals surface area contributed by atoms with E-state index in [0.29, 0.717) is 11.4 Å². The van der Waals surface area contributed by atoms with Crippen LogP contribution < -0.4 is 16.4 Å². The van der Waals surface area contributed by atoms with Crippen LogP contribution in [-0.2, 0) is 22.6 Å². The van der Waals surface area contributed by atoms with Gasteiger partial charge in [0.05, 0.1) is 0 Å². The Balaban J connectivity index is 1.46. The van der Waals surface area contributed by atoms with Gasteiger partial charge in [0, 0.05) is 19.2 Å². The number of carboxylic acid groups (broad SMARTS) is 1. The number of amides is 1. The van der Waals surface area contributed by atoms with Crippen molar-refractivity contribution in [3.63, 3.8) is 0 Å². The summed E-state index contributed by atoms with van der Waals surface area (Å²) in [5, 5.41) is 23.3. The number of nitrogens with one attached hydrogen (secondary N) is 2. The molecule has 0 spiro atoms. The van der Waals surface area contributed by atoms with Gasteiger partial charge in [0.25, 0.3) is 0 Å².